The van der Waals surface area contributed by atoms with E-state index in [2.05, 4.69) is 201 Å². The maximum absolute atomic E-state index is 11.2. The van der Waals surface area contributed by atoms with Gasteiger partial charge in [-0.25, -0.2) is 15.0 Å². The van der Waals surface area contributed by atoms with Crippen molar-refractivity contribution in [1.82, 2.24) is 24.1 Å². The van der Waals surface area contributed by atoms with Crippen molar-refractivity contribution >= 4 is 43.6 Å². The minimum atomic E-state index is -0.0846. The fourth-order valence-electron chi connectivity index (χ4n) is 10.8. The van der Waals surface area contributed by atoms with Crippen LogP contribution in [0.5, 0.6) is 0 Å². The van der Waals surface area contributed by atoms with Crippen LogP contribution in [-0.2, 0) is 21.7 Å². The van der Waals surface area contributed by atoms with Gasteiger partial charge in [0.25, 0.3) is 0 Å². The minimum Gasteiger partial charge on any atom is -0.308 e. The van der Waals surface area contributed by atoms with Crippen LogP contribution in [0.2, 0.25) is 0 Å². The second kappa shape index (κ2) is 18.0. The predicted molar refractivity (Wildman–Crippen MR) is 314 cm³/mol. The van der Waals surface area contributed by atoms with Crippen molar-refractivity contribution in [2.75, 3.05) is 0 Å². The molecule has 0 bridgehead atoms. The molecule has 76 heavy (non-hydrogen) atoms. The molecule has 0 saturated carbocycles. The van der Waals surface area contributed by atoms with E-state index < -0.39 is 0 Å². The fourth-order valence-corrected chi connectivity index (χ4v) is 10.8. The maximum atomic E-state index is 11.2. The Morgan fingerprint density at radius 1 is 0.355 bits per heavy atom. The molecule has 0 atom stereocenters. The van der Waals surface area contributed by atoms with Crippen LogP contribution in [0.15, 0.2) is 164 Å². The molecule has 0 N–H and O–H groups in total. The number of nitriles is 2. The van der Waals surface area contributed by atoms with E-state index in [1.54, 1.807) is 0 Å². The van der Waals surface area contributed by atoms with Crippen LogP contribution in [-0.4, -0.2) is 24.1 Å². The molecule has 11 aromatic rings. The van der Waals surface area contributed by atoms with Gasteiger partial charge >= 0.3 is 0 Å². The maximum Gasteiger partial charge on any atom is 0.167 e. The summed E-state index contributed by atoms with van der Waals surface area (Å²) in [7, 11) is 0. The zero-order valence-electron chi connectivity index (χ0n) is 45.7. The van der Waals surface area contributed by atoms with Crippen LogP contribution in [0, 0.1) is 22.7 Å². The molecule has 7 heteroatoms. The molecule has 0 amide bonds. The molecule has 3 aromatic heterocycles. The number of hydrogen-bond donors (Lipinski definition) is 0. The van der Waals surface area contributed by atoms with Crippen LogP contribution in [0.25, 0.3) is 100 Å². The molecule has 0 fully saturated rings. The van der Waals surface area contributed by atoms with E-state index in [1.165, 1.54) is 22.3 Å². The van der Waals surface area contributed by atoms with Gasteiger partial charge in [0, 0.05) is 27.1 Å². The molecule has 11 rings (SSSR count). The highest BCUT2D eigenvalue weighted by Gasteiger charge is 2.28. The van der Waals surface area contributed by atoms with Gasteiger partial charge in [-0.1, -0.05) is 168 Å². The molecule has 8 aromatic carbocycles. The Hall–Kier alpha value is -8.65. The van der Waals surface area contributed by atoms with E-state index in [9.17, 15) is 10.5 Å². The highest BCUT2D eigenvalue weighted by molar-refractivity contribution is 6.12. The molecule has 374 valence electrons. The lowest BCUT2D eigenvalue weighted by Gasteiger charge is -2.21. The van der Waals surface area contributed by atoms with Gasteiger partial charge in [-0.3, -0.25) is 0 Å². The summed E-state index contributed by atoms with van der Waals surface area (Å²) >= 11 is 0. The number of aromatic nitrogens is 5. The van der Waals surface area contributed by atoms with Crippen molar-refractivity contribution in [3.05, 3.63) is 197 Å². The first-order chi connectivity index (χ1) is 36.1. The van der Waals surface area contributed by atoms with Gasteiger partial charge in [0.2, 0.25) is 0 Å². The number of hydrogen-bond acceptors (Lipinski definition) is 5. The summed E-state index contributed by atoms with van der Waals surface area (Å²) in [6.45, 7) is 27.1. The van der Waals surface area contributed by atoms with Gasteiger partial charge in [-0.15, -0.1) is 0 Å². The second-order valence-electron chi connectivity index (χ2n) is 24.5. The van der Waals surface area contributed by atoms with Crippen molar-refractivity contribution in [3.63, 3.8) is 0 Å². The summed E-state index contributed by atoms with van der Waals surface area (Å²) in [4.78, 5) is 16.5. The SMILES string of the molecule is CC(C)(C)c1ccc2c(c1)c1cc(C(C)(C)C)ccc1n2-c1cccc(C#N)c1-c1nc(-c2ccccc2)nc(-c2c(-c3cccc(C#N)c3)cccc2-n2c3ccc(C(C)(C)C)cc3c3cc(C(C)(C)C)ccc32)n1. The quantitative estimate of drug-likeness (QED) is 0.165. The standard InChI is InChI=1S/C69H63N7/c1-66(2,3)46-27-31-55-51(36-46)52-37-47(67(4,5)6)28-32-56(52)75(55)59-25-17-23-45(41-71)61(59)64-72-63(43-20-14-13-15-21-43)73-65(74-64)62-50(44-22-16-19-42(35-44)40-70)24-18-26-60(62)76-57-33-29-48(68(7,8)9)38-53(57)54-39-49(69(10,11)12)30-34-58(54)76/h13-39H,1-12H3. The number of fused-ring (bicyclic) bond motifs is 6. The fraction of sp³-hybridized carbons (Fsp3) is 0.232. The Morgan fingerprint density at radius 3 is 1.18 bits per heavy atom. The largest absolute Gasteiger partial charge is 0.308 e. The van der Waals surface area contributed by atoms with Gasteiger partial charge < -0.3 is 9.13 Å². The Labute approximate surface area is 446 Å². The first-order valence-corrected chi connectivity index (χ1v) is 26.3. The smallest absolute Gasteiger partial charge is 0.167 e. The Bertz CT molecular complexity index is 4080. The summed E-state index contributed by atoms with van der Waals surface area (Å²) < 4.78 is 4.64. The normalized spacial score (nSPS) is 12.4. The molecule has 0 unspecified atom stereocenters. The van der Waals surface area contributed by atoms with Crippen LogP contribution in [0.3, 0.4) is 0 Å². The van der Waals surface area contributed by atoms with E-state index >= 15 is 0 Å². The summed E-state index contributed by atoms with van der Waals surface area (Å²) in [6, 6.07) is 62.2. The third-order valence-electron chi connectivity index (χ3n) is 15.1. The van der Waals surface area contributed by atoms with E-state index in [4.69, 9.17) is 15.0 Å². The lowest BCUT2D eigenvalue weighted by molar-refractivity contribution is 0.590. The van der Waals surface area contributed by atoms with Crippen molar-refractivity contribution in [2.45, 2.75) is 105 Å². The zero-order valence-corrected chi connectivity index (χ0v) is 45.7. The van der Waals surface area contributed by atoms with E-state index in [0.717, 1.165) is 77.2 Å². The molecule has 7 nitrogen and oxygen atoms in total. The Balaban J connectivity index is 1.27. The third kappa shape index (κ3) is 8.60. The molecule has 0 saturated heterocycles. The van der Waals surface area contributed by atoms with E-state index in [1.807, 2.05) is 66.7 Å². The van der Waals surface area contributed by atoms with Gasteiger partial charge in [0.15, 0.2) is 17.5 Å². The first kappa shape index (κ1) is 49.6. The van der Waals surface area contributed by atoms with Crippen LogP contribution < -0.4 is 0 Å². The van der Waals surface area contributed by atoms with E-state index in [-0.39, 0.29) is 21.7 Å². The molecule has 0 radical (unpaired) electrons. The van der Waals surface area contributed by atoms with Gasteiger partial charge in [0.1, 0.15) is 0 Å². The molecule has 0 aliphatic heterocycles. The van der Waals surface area contributed by atoms with Crippen molar-refractivity contribution < 1.29 is 0 Å². The summed E-state index contributed by atoms with van der Waals surface area (Å²) in [5, 5.41) is 26.1. The predicted octanol–water partition coefficient (Wildman–Crippen LogP) is 17.7. The summed E-state index contributed by atoms with van der Waals surface area (Å²) in [5.74, 6) is 1.25. The lowest BCUT2D eigenvalue weighted by atomic mass is 9.85. The topological polar surface area (TPSA) is 96.1 Å². The van der Waals surface area contributed by atoms with Gasteiger partial charge in [-0.05, 0) is 134 Å². The molecular formula is C69H63N7. The summed E-state index contributed by atoms with van der Waals surface area (Å²) in [6.07, 6.45) is 0. The van der Waals surface area contributed by atoms with Crippen LogP contribution in [0.1, 0.15) is 116 Å². The monoisotopic (exact) mass is 990 g/mol. The number of benzene rings is 8. The second-order valence-corrected chi connectivity index (χ2v) is 24.5. The molecule has 0 spiro atoms. The van der Waals surface area contributed by atoms with Gasteiger partial charge in [0.05, 0.1) is 67.8 Å². The average molecular weight is 990 g/mol. The molecule has 3 heterocycles. The number of rotatable bonds is 6. The summed E-state index contributed by atoms with van der Waals surface area (Å²) in [5.41, 5.74) is 15.2. The zero-order chi connectivity index (χ0) is 53.6. The third-order valence-corrected chi connectivity index (χ3v) is 15.1. The highest BCUT2D eigenvalue weighted by Crippen LogP contribution is 2.45. The number of nitrogens with zero attached hydrogens (tertiary/aromatic N) is 7. The van der Waals surface area contributed by atoms with Crippen LogP contribution in [0.4, 0.5) is 0 Å². The highest BCUT2D eigenvalue weighted by atomic mass is 15.1. The minimum absolute atomic E-state index is 0.0831. The Kier molecular flexibility index (Phi) is 11.8. The lowest BCUT2D eigenvalue weighted by Crippen LogP contribution is -2.10. The van der Waals surface area contributed by atoms with Crippen molar-refractivity contribution in [2.24, 2.45) is 0 Å². The van der Waals surface area contributed by atoms with Crippen LogP contribution >= 0.6 is 0 Å². The average Bonchev–Trinajstić information content (AvgIpc) is 3.91. The van der Waals surface area contributed by atoms with E-state index in [0.29, 0.717) is 34.2 Å². The molecule has 0 aliphatic carbocycles. The van der Waals surface area contributed by atoms with Crippen molar-refractivity contribution in [1.29, 1.82) is 10.5 Å². The Morgan fingerprint density at radius 2 is 0.750 bits per heavy atom. The molecular weight excluding hydrogens is 927 g/mol. The van der Waals surface area contributed by atoms with Gasteiger partial charge in [-0.2, -0.15) is 10.5 Å². The first-order valence-electron chi connectivity index (χ1n) is 26.3. The van der Waals surface area contributed by atoms with Crippen molar-refractivity contribution in [3.8, 4) is 68.8 Å². The molecule has 0 aliphatic rings.